The molecule has 0 aliphatic heterocycles. The van der Waals surface area contributed by atoms with Crippen LogP contribution in [0.1, 0.15) is 41.4 Å². The largest absolute Gasteiger partial charge is 0.436 e. The van der Waals surface area contributed by atoms with Crippen molar-refractivity contribution in [2.75, 3.05) is 6.61 Å². The molecular formula is C12H18N2O3. The number of aliphatic hydroxyl groups is 1. The summed E-state index contributed by atoms with van der Waals surface area (Å²) in [5.41, 5.74) is 0.610. The first-order valence-corrected chi connectivity index (χ1v) is 5.97. The number of nitrogens with one attached hydrogen (secondary N) is 1. The fourth-order valence-electron chi connectivity index (χ4n) is 2.42. The van der Waals surface area contributed by atoms with Crippen molar-refractivity contribution in [3.63, 3.8) is 0 Å². The van der Waals surface area contributed by atoms with E-state index >= 15 is 0 Å². The van der Waals surface area contributed by atoms with Gasteiger partial charge in [0.15, 0.2) is 5.89 Å². The molecule has 2 rings (SSSR count). The molecule has 2 unspecified atom stereocenters. The molecule has 1 fully saturated rings. The minimum absolute atomic E-state index is 0.0531. The second-order valence-electron chi connectivity index (χ2n) is 4.60. The lowest BCUT2D eigenvalue weighted by Gasteiger charge is -2.18. The molecule has 5 nitrogen and oxygen atoms in total. The second kappa shape index (κ2) is 4.87. The number of aryl methyl sites for hydroxylation is 2. The molecule has 1 amide bonds. The van der Waals surface area contributed by atoms with Gasteiger partial charge in [0.2, 0.25) is 5.76 Å². The molecule has 1 saturated carbocycles. The van der Waals surface area contributed by atoms with Gasteiger partial charge in [-0.15, -0.1) is 0 Å². The molecule has 17 heavy (non-hydrogen) atoms. The molecule has 2 atom stereocenters. The monoisotopic (exact) mass is 238 g/mol. The quantitative estimate of drug-likeness (QED) is 0.829. The first-order valence-electron chi connectivity index (χ1n) is 5.97. The van der Waals surface area contributed by atoms with Crippen LogP contribution in [-0.4, -0.2) is 28.6 Å². The van der Waals surface area contributed by atoms with E-state index in [4.69, 9.17) is 4.42 Å². The van der Waals surface area contributed by atoms with Crippen LogP contribution in [0, 0.1) is 19.8 Å². The Hall–Kier alpha value is -1.36. The van der Waals surface area contributed by atoms with Gasteiger partial charge in [-0.05, 0) is 19.8 Å². The Balaban J connectivity index is 2.04. The third-order valence-corrected chi connectivity index (χ3v) is 3.32. The molecule has 0 spiro atoms. The van der Waals surface area contributed by atoms with Crippen LogP contribution in [-0.2, 0) is 0 Å². The molecule has 0 bridgehead atoms. The second-order valence-corrected chi connectivity index (χ2v) is 4.60. The van der Waals surface area contributed by atoms with E-state index in [0.29, 0.717) is 11.6 Å². The summed E-state index contributed by atoms with van der Waals surface area (Å²) in [5, 5.41) is 12.1. The average Bonchev–Trinajstić information content (AvgIpc) is 2.84. The van der Waals surface area contributed by atoms with Crippen molar-refractivity contribution in [1.29, 1.82) is 0 Å². The third-order valence-electron chi connectivity index (χ3n) is 3.32. The summed E-state index contributed by atoms with van der Waals surface area (Å²) < 4.78 is 5.27. The van der Waals surface area contributed by atoms with E-state index < -0.39 is 0 Å². The molecule has 0 radical (unpaired) electrons. The molecule has 5 heteroatoms. The summed E-state index contributed by atoms with van der Waals surface area (Å²) in [5.74, 6) is 0.723. The number of amides is 1. The Labute approximate surface area is 100 Å². The summed E-state index contributed by atoms with van der Waals surface area (Å²) in [4.78, 5) is 16.0. The van der Waals surface area contributed by atoms with Gasteiger partial charge in [0, 0.05) is 25.5 Å². The number of aromatic nitrogens is 1. The number of carbonyl (C=O) groups excluding carboxylic acids is 1. The van der Waals surface area contributed by atoms with E-state index in [0.717, 1.165) is 19.3 Å². The molecule has 0 aromatic carbocycles. The minimum atomic E-state index is -0.228. The van der Waals surface area contributed by atoms with Gasteiger partial charge in [-0.2, -0.15) is 0 Å². The van der Waals surface area contributed by atoms with Gasteiger partial charge in [-0.25, -0.2) is 4.98 Å². The summed E-state index contributed by atoms with van der Waals surface area (Å²) in [6, 6.07) is 0.0531. The van der Waals surface area contributed by atoms with Gasteiger partial charge in [0.25, 0.3) is 5.91 Å². The highest BCUT2D eigenvalue weighted by Crippen LogP contribution is 2.25. The topological polar surface area (TPSA) is 75.4 Å². The summed E-state index contributed by atoms with van der Waals surface area (Å²) >= 11 is 0. The van der Waals surface area contributed by atoms with E-state index in [2.05, 4.69) is 10.3 Å². The van der Waals surface area contributed by atoms with E-state index in [-0.39, 0.29) is 30.2 Å². The van der Waals surface area contributed by atoms with Crippen molar-refractivity contribution >= 4 is 5.91 Å². The van der Waals surface area contributed by atoms with E-state index in [1.165, 1.54) is 0 Å². The number of hydrogen-bond acceptors (Lipinski definition) is 4. The van der Waals surface area contributed by atoms with Crippen molar-refractivity contribution < 1.29 is 14.3 Å². The average molecular weight is 238 g/mol. The highest BCUT2D eigenvalue weighted by Gasteiger charge is 2.29. The lowest BCUT2D eigenvalue weighted by Crippen LogP contribution is -2.38. The van der Waals surface area contributed by atoms with Gasteiger partial charge in [-0.3, -0.25) is 4.79 Å². The third kappa shape index (κ3) is 2.49. The van der Waals surface area contributed by atoms with Crippen molar-refractivity contribution in [2.45, 2.75) is 39.2 Å². The summed E-state index contributed by atoms with van der Waals surface area (Å²) in [6.07, 6.45) is 2.93. The van der Waals surface area contributed by atoms with Gasteiger partial charge >= 0.3 is 0 Å². The molecule has 0 saturated heterocycles. The van der Waals surface area contributed by atoms with Crippen LogP contribution in [0.5, 0.6) is 0 Å². The van der Waals surface area contributed by atoms with Crippen LogP contribution in [0.15, 0.2) is 4.42 Å². The predicted molar refractivity (Wildman–Crippen MR) is 61.7 cm³/mol. The summed E-state index contributed by atoms with van der Waals surface area (Å²) in [6.45, 7) is 3.60. The zero-order valence-corrected chi connectivity index (χ0v) is 10.2. The first kappa shape index (κ1) is 12.1. The number of aliphatic hydroxyl groups excluding tert-OH is 1. The Morgan fingerprint density at radius 3 is 2.88 bits per heavy atom. The fourth-order valence-corrected chi connectivity index (χ4v) is 2.42. The molecular weight excluding hydrogens is 220 g/mol. The van der Waals surface area contributed by atoms with E-state index in [1.54, 1.807) is 13.8 Å². The van der Waals surface area contributed by atoms with Crippen LogP contribution in [0.2, 0.25) is 0 Å². The highest BCUT2D eigenvalue weighted by atomic mass is 16.4. The lowest BCUT2D eigenvalue weighted by molar-refractivity contribution is 0.0886. The Bertz CT molecular complexity index is 414. The number of rotatable bonds is 3. The van der Waals surface area contributed by atoms with Crippen LogP contribution < -0.4 is 5.32 Å². The van der Waals surface area contributed by atoms with Gasteiger partial charge in [0.05, 0.1) is 5.69 Å². The highest BCUT2D eigenvalue weighted by molar-refractivity contribution is 5.92. The van der Waals surface area contributed by atoms with Crippen LogP contribution >= 0.6 is 0 Å². The lowest BCUT2D eigenvalue weighted by atomic mass is 10.1. The Kier molecular flexibility index (Phi) is 3.47. The first-order chi connectivity index (χ1) is 8.11. The maximum atomic E-state index is 12.0. The molecule has 1 heterocycles. The van der Waals surface area contributed by atoms with Crippen LogP contribution in [0.3, 0.4) is 0 Å². The smallest absolute Gasteiger partial charge is 0.289 e. The summed E-state index contributed by atoms with van der Waals surface area (Å²) in [7, 11) is 0. The molecule has 1 aromatic heterocycles. The SMILES string of the molecule is Cc1nc(C)c(C(=O)NC2CCCC2CO)o1. The zero-order chi connectivity index (χ0) is 12.4. The number of carbonyl (C=O) groups is 1. The Morgan fingerprint density at radius 1 is 1.53 bits per heavy atom. The van der Waals surface area contributed by atoms with E-state index in [1.807, 2.05) is 0 Å². The van der Waals surface area contributed by atoms with Crippen molar-refractivity contribution in [2.24, 2.45) is 5.92 Å². The van der Waals surface area contributed by atoms with E-state index in [9.17, 15) is 9.90 Å². The van der Waals surface area contributed by atoms with Gasteiger partial charge in [-0.1, -0.05) is 6.42 Å². The number of hydrogen-bond donors (Lipinski definition) is 2. The maximum absolute atomic E-state index is 12.0. The number of nitrogens with zero attached hydrogens (tertiary/aromatic N) is 1. The predicted octanol–water partition coefficient (Wildman–Crippen LogP) is 1.18. The molecule has 1 aliphatic rings. The normalized spacial score (nSPS) is 23.9. The van der Waals surface area contributed by atoms with Gasteiger partial charge < -0.3 is 14.8 Å². The molecule has 94 valence electrons. The van der Waals surface area contributed by atoms with Crippen molar-refractivity contribution in [3.05, 3.63) is 17.3 Å². The standard InChI is InChI=1S/C12H18N2O3/c1-7-11(17-8(2)13-7)12(16)14-10-5-3-4-9(10)6-15/h9-10,15H,3-6H2,1-2H3,(H,14,16). The van der Waals surface area contributed by atoms with Crippen molar-refractivity contribution in [3.8, 4) is 0 Å². The van der Waals surface area contributed by atoms with Crippen LogP contribution in [0.4, 0.5) is 0 Å². The van der Waals surface area contributed by atoms with Crippen molar-refractivity contribution in [1.82, 2.24) is 10.3 Å². The number of oxazole rings is 1. The molecule has 2 N–H and O–H groups in total. The molecule has 1 aromatic rings. The minimum Gasteiger partial charge on any atom is -0.436 e. The zero-order valence-electron chi connectivity index (χ0n) is 10.2. The fraction of sp³-hybridized carbons (Fsp3) is 0.667. The maximum Gasteiger partial charge on any atom is 0.289 e. The molecule has 1 aliphatic carbocycles. The van der Waals surface area contributed by atoms with Gasteiger partial charge in [0.1, 0.15) is 0 Å². The Morgan fingerprint density at radius 2 is 2.29 bits per heavy atom. The van der Waals surface area contributed by atoms with Crippen LogP contribution in [0.25, 0.3) is 0 Å².